The Morgan fingerprint density at radius 2 is 2.00 bits per heavy atom. The summed E-state index contributed by atoms with van der Waals surface area (Å²) in [7, 11) is 0. The summed E-state index contributed by atoms with van der Waals surface area (Å²) in [6.45, 7) is 0. The third-order valence-corrected chi connectivity index (χ3v) is 3.19. The second-order valence-corrected chi connectivity index (χ2v) is 5.01. The lowest BCUT2D eigenvalue weighted by Crippen LogP contribution is -2.17. The molecule has 3 aromatic rings. The molecule has 100 valence electrons. The minimum Gasteiger partial charge on any atom is -0.410 e. The van der Waals surface area contributed by atoms with Gasteiger partial charge in [0.1, 0.15) is 5.75 Å². The zero-order valence-corrected chi connectivity index (χ0v) is 11.8. The maximum Gasteiger partial charge on any atom is 0.418 e. The highest BCUT2D eigenvalue weighted by Crippen LogP contribution is 2.24. The molecule has 0 aliphatic rings. The Hall–Kier alpha value is -2.34. The second-order valence-electron chi connectivity index (χ2n) is 4.09. The van der Waals surface area contributed by atoms with Crippen LogP contribution in [-0.4, -0.2) is 16.3 Å². The Labute approximate surface area is 123 Å². The highest BCUT2D eigenvalue weighted by molar-refractivity contribution is 9.10. The first-order chi connectivity index (χ1) is 9.72. The van der Waals surface area contributed by atoms with Crippen molar-refractivity contribution in [3.8, 4) is 5.75 Å². The van der Waals surface area contributed by atoms with Gasteiger partial charge in [-0.3, -0.25) is 10.4 Å². The summed E-state index contributed by atoms with van der Waals surface area (Å²) >= 11 is 3.38. The first-order valence-electron chi connectivity index (χ1n) is 5.90. The van der Waals surface area contributed by atoms with E-state index in [1.54, 1.807) is 24.3 Å². The monoisotopic (exact) mass is 331 g/mol. The molecule has 1 heterocycles. The molecule has 0 aliphatic heterocycles. The number of H-pyrrole nitrogens is 1. The van der Waals surface area contributed by atoms with E-state index in [9.17, 15) is 4.79 Å². The maximum absolute atomic E-state index is 11.8. The minimum atomic E-state index is -0.576. The van der Waals surface area contributed by atoms with Gasteiger partial charge in [0.05, 0.1) is 5.52 Å². The molecular formula is C14H10BrN3O2. The average molecular weight is 332 g/mol. The van der Waals surface area contributed by atoms with Crippen LogP contribution in [0.25, 0.3) is 10.9 Å². The van der Waals surface area contributed by atoms with Crippen molar-refractivity contribution in [2.24, 2.45) is 0 Å². The van der Waals surface area contributed by atoms with Crippen molar-refractivity contribution in [2.75, 3.05) is 5.32 Å². The second kappa shape index (κ2) is 5.34. The summed E-state index contributed by atoms with van der Waals surface area (Å²) < 4.78 is 6.08. The number of nitrogens with zero attached hydrogens (tertiary/aromatic N) is 1. The van der Waals surface area contributed by atoms with Crippen LogP contribution in [0.5, 0.6) is 5.75 Å². The molecule has 0 atom stereocenters. The van der Waals surface area contributed by atoms with E-state index in [4.69, 9.17) is 4.74 Å². The normalized spacial score (nSPS) is 10.4. The van der Waals surface area contributed by atoms with Crippen LogP contribution in [0.3, 0.4) is 0 Å². The Morgan fingerprint density at radius 1 is 1.20 bits per heavy atom. The topological polar surface area (TPSA) is 67.0 Å². The molecular weight excluding hydrogens is 322 g/mol. The van der Waals surface area contributed by atoms with E-state index in [0.717, 1.165) is 15.4 Å². The fraction of sp³-hybridized carbons (Fsp3) is 0. The quantitative estimate of drug-likeness (QED) is 0.747. The van der Waals surface area contributed by atoms with Gasteiger partial charge < -0.3 is 4.74 Å². The molecule has 0 aliphatic carbocycles. The summed E-state index contributed by atoms with van der Waals surface area (Å²) in [4.78, 5) is 11.8. The van der Waals surface area contributed by atoms with E-state index >= 15 is 0 Å². The van der Waals surface area contributed by atoms with Crippen molar-refractivity contribution in [3.05, 3.63) is 53.0 Å². The number of aromatic nitrogens is 2. The largest absolute Gasteiger partial charge is 0.418 e. The van der Waals surface area contributed by atoms with E-state index in [1.807, 2.05) is 24.3 Å². The highest BCUT2D eigenvalue weighted by atomic mass is 79.9. The van der Waals surface area contributed by atoms with Crippen LogP contribution in [0.2, 0.25) is 0 Å². The van der Waals surface area contributed by atoms with Gasteiger partial charge in [0, 0.05) is 9.86 Å². The van der Waals surface area contributed by atoms with E-state index in [1.165, 1.54) is 0 Å². The molecule has 0 fully saturated rings. The molecule has 2 aromatic carbocycles. The molecule has 6 heteroatoms. The van der Waals surface area contributed by atoms with Gasteiger partial charge in [-0.2, -0.15) is 5.10 Å². The minimum absolute atomic E-state index is 0.438. The number of carbonyl (C=O) groups is 1. The van der Waals surface area contributed by atoms with E-state index < -0.39 is 6.09 Å². The number of ether oxygens (including phenoxy) is 1. The van der Waals surface area contributed by atoms with Crippen LogP contribution in [0.4, 0.5) is 10.6 Å². The number of benzene rings is 2. The van der Waals surface area contributed by atoms with E-state index in [2.05, 4.69) is 31.4 Å². The van der Waals surface area contributed by atoms with E-state index in [0.29, 0.717) is 11.6 Å². The molecule has 0 bridgehead atoms. The molecule has 0 spiro atoms. The van der Waals surface area contributed by atoms with Gasteiger partial charge in [-0.05, 0) is 30.3 Å². The first-order valence-corrected chi connectivity index (χ1v) is 6.69. The zero-order valence-electron chi connectivity index (χ0n) is 10.3. The predicted octanol–water partition coefficient (Wildman–Crippen LogP) is 3.94. The van der Waals surface area contributed by atoms with Gasteiger partial charge in [0.25, 0.3) is 0 Å². The lowest BCUT2D eigenvalue weighted by molar-refractivity contribution is 0.215. The number of nitrogens with one attached hydrogen (secondary N) is 2. The van der Waals surface area contributed by atoms with Crippen LogP contribution in [-0.2, 0) is 0 Å². The molecule has 1 amide bonds. The number of rotatable bonds is 2. The molecule has 5 nitrogen and oxygen atoms in total. The zero-order chi connectivity index (χ0) is 13.9. The van der Waals surface area contributed by atoms with Gasteiger partial charge in [0.2, 0.25) is 0 Å². The van der Waals surface area contributed by atoms with Crippen molar-refractivity contribution in [3.63, 3.8) is 0 Å². The molecule has 1 aromatic heterocycles. The standard InChI is InChI=1S/C14H10BrN3O2/c15-9-6-7-11-12(8-9)17-18-13(11)16-14(19)20-10-4-2-1-3-5-10/h1-8H,(H2,16,17,18,19). The van der Waals surface area contributed by atoms with Crippen molar-refractivity contribution in [1.29, 1.82) is 0 Å². The summed E-state index contributed by atoms with van der Waals surface area (Å²) in [5.74, 6) is 0.918. The average Bonchev–Trinajstić information content (AvgIpc) is 2.82. The number of carbonyl (C=O) groups excluding carboxylic acids is 1. The van der Waals surface area contributed by atoms with Crippen molar-refractivity contribution in [1.82, 2.24) is 10.2 Å². The molecule has 0 saturated heterocycles. The third kappa shape index (κ3) is 2.65. The van der Waals surface area contributed by atoms with Crippen LogP contribution in [0.1, 0.15) is 0 Å². The smallest absolute Gasteiger partial charge is 0.410 e. The SMILES string of the molecule is O=C(Nc1n[nH]c2cc(Br)ccc12)Oc1ccccc1. The Balaban J connectivity index is 1.78. The molecule has 3 rings (SSSR count). The van der Waals surface area contributed by atoms with Gasteiger partial charge in [-0.15, -0.1) is 0 Å². The van der Waals surface area contributed by atoms with Crippen LogP contribution < -0.4 is 10.1 Å². The molecule has 2 N–H and O–H groups in total. The Bertz CT molecular complexity index is 755. The van der Waals surface area contributed by atoms with Crippen molar-refractivity contribution in [2.45, 2.75) is 0 Å². The number of hydrogen-bond donors (Lipinski definition) is 2. The van der Waals surface area contributed by atoms with Gasteiger partial charge in [-0.1, -0.05) is 34.1 Å². The Morgan fingerprint density at radius 3 is 2.80 bits per heavy atom. The highest BCUT2D eigenvalue weighted by Gasteiger charge is 2.10. The number of anilines is 1. The third-order valence-electron chi connectivity index (χ3n) is 2.70. The number of amides is 1. The fourth-order valence-electron chi connectivity index (χ4n) is 1.80. The summed E-state index contributed by atoms with van der Waals surface area (Å²) in [5, 5.41) is 10.3. The summed E-state index contributed by atoms with van der Waals surface area (Å²) in [6.07, 6.45) is -0.576. The van der Waals surface area contributed by atoms with Crippen molar-refractivity contribution < 1.29 is 9.53 Å². The Kier molecular flexibility index (Phi) is 3.39. The molecule has 0 unspecified atom stereocenters. The number of para-hydroxylation sites is 1. The van der Waals surface area contributed by atoms with Crippen LogP contribution >= 0.6 is 15.9 Å². The van der Waals surface area contributed by atoms with E-state index in [-0.39, 0.29) is 0 Å². The van der Waals surface area contributed by atoms with Gasteiger partial charge in [-0.25, -0.2) is 4.79 Å². The van der Waals surface area contributed by atoms with Crippen LogP contribution in [0, 0.1) is 0 Å². The summed E-state index contributed by atoms with van der Waals surface area (Å²) in [5.41, 5.74) is 0.828. The number of fused-ring (bicyclic) bond motifs is 1. The lowest BCUT2D eigenvalue weighted by atomic mass is 10.2. The van der Waals surface area contributed by atoms with Crippen molar-refractivity contribution >= 4 is 38.7 Å². The van der Waals surface area contributed by atoms with Gasteiger partial charge in [0.15, 0.2) is 5.82 Å². The molecule has 0 saturated carbocycles. The molecule has 20 heavy (non-hydrogen) atoms. The predicted molar refractivity (Wildman–Crippen MR) is 79.9 cm³/mol. The maximum atomic E-state index is 11.8. The first kappa shape index (κ1) is 12.7. The molecule has 0 radical (unpaired) electrons. The lowest BCUT2D eigenvalue weighted by Gasteiger charge is -2.04. The number of halogens is 1. The van der Waals surface area contributed by atoms with Gasteiger partial charge >= 0.3 is 6.09 Å². The van der Waals surface area contributed by atoms with Crippen LogP contribution in [0.15, 0.2) is 53.0 Å². The fourth-order valence-corrected chi connectivity index (χ4v) is 2.17. The summed E-state index contributed by atoms with van der Waals surface area (Å²) in [6, 6.07) is 14.5. The number of aromatic amines is 1. The number of hydrogen-bond acceptors (Lipinski definition) is 3.